The molecule has 0 spiro atoms. The average Bonchev–Trinajstić information content (AvgIpc) is 3.09. The van der Waals surface area contributed by atoms with Gasteiger partial charge in [0.2, 0.25) is 11.7 Å². The Morgan fingerprint density at radius 3 is 2.84 bits per heavy atom. The zero-order valence-corrected chi connectivity index (χ0v) is 11.7. The Morgan fingerprint density at radius 2 is 2.16 bits per heavy atom. The highest BCUT2D eigenvalue weighted by Gasteiger charge is 2.41. The molecule has 1 aliphatic heterocycles. The SMILES string of the molecule is CCOC1(c2noc([C@@H]3CCCCN3)n2)CCCC1. The van der Waals surface area contributed by atoms with Crippen molar-refractivity contribution in [2.75, 3.05) is 13.2 Å². The molecule has 0 amide bonds. The minimum Gasteiger partial charge on any atom is -0.367 e. The molecular formula is C14H23N3O2. The van der Waals surface area contributed by atoms with Crippen LogP contribution in [-0.2, 0) is 10.3 Å². The number of nitrogens with zero attached hydrogens (tertiary/aromatic N) is 2. The first-order valence-corrected chi connectivity index (χ1v) is 7.55. The zero-order chi connectivity index (χ0) is 13.1. The van der Waals surface area contributed by atoms with E-state index in [1.54, 1.807) is 0 Å². The highest BCUT2D eigenvalue weighted by atomic mass is 16.5. The van der Waals surface area contributed by atoms with E-state index in [0.717, 1.165) is 37.5 Å². The lowest BCUT2D eigenvalue weighted by Crippen LogP contribution is -2.29. The molecule has 0 aromatic carbocycles. The highest BCUT2D eigenvalue weighted by Crippen LogP contribution is 2.41. The predicted octanol–water partition coefficient (Wildman–Crippen LogP) is 2.69. The molecule has 1 saturated carbocycles. The summed E-state index contributed by atoms with van der Waals surface area (Å²) in [4.78, 5) is 4.64. The van der Waals surface area contributed by atoms with Gasteiger partial charge in [0.05, 0.1) is 6.04 Å². The topological polar surface area (TPSA) is 60.2 Å². The van der Waals surface area contributed by atoms with Gasteiger partial charge in [-0.05, 0) is 52.0 Å². The van der Waals surface area contributed by atoms with Crippen molar-refractivity contribution in [1.82, 2.24) is 15.5 Å². The molecule has 0 bridgehead atoms. The standard InChI is InChI=1S/C14H23N3O2/c1-2-18-14(8-4-5-9-14)13-16-12(19-17-13)11-7-3-6-10-15-11/h11,15H,2-10H2,1H3/t11-/m0/s1. The lowest BCUT2D eigenvalue weighted by atomic mass is 10.0. The van der Waals surface area contributed by atoms with Gasteiger partial charge in [-0.1, -0.05) is 11.6 Å². The van der Waals surface area contributed by atoms with Gasteiger partial charge in [0.1, 0.15) is 5.60 Å². The van der Waals surface area contributed by atoms with Crippen LogP contribution in [0.25, 0.3) is 0 Å². The molecular weight excluding hydrogens is 242 g/mol. The van der Waals surface area contributed by atoms with E-state index in [-0.39, 0.29) is 11.6 Å². The van der Waals surface area contributed by atoms with Crippen LogP contribution >= 0.6 is 0 Å². The summed E-state index contributed by atoms with van der Waals surface area (Å²) in [5.74, 6) is 1.50. The maximum absolute atomic E-state index is 5.97. The Balaban J connectivity index is 1.79. The molecule has 1 saturated heterocycles. The molecule has 19 heavy (non-hydrogen) atoms. The number of nitrogens with one attached hydrogen (secondary N) is 1. The Labute approximate surface area is 114 Å². The van der Waals surface area contributed by atoms with Crippen LogP contribution in [0, 0.1) is 0 Å². The van der Waals surface area contributed by atoms with Crippen molar-refractivity contribution in [1.29, 1.82) is 0 Å². The number of rotatable bonds is 4. The van der Waals surface area contributed by atoms with Gasteiger partial charge in [-0.3, -0.25) is 0 Å². The van der Waals surface area contributed by atoms with Crippen LogP contribution in [0.2, 0.25) is 0 Å². The third-order valence-electron chi connectivity index (χ3n) is 4.29. The van der Waals surface area contributed by atoms with Gasteiger partial charge in [0, 0.05) is 6.61 Å². The average molecular weight is 265 g/mol. The second-order valence-electron chi connectivity index (χ2n) is 5.59. The molecule has 5 heteroatoms. The van der Waals surface area contributed by atoms with Crippen LogP contribution in [0.5, 0.6) is 0 Å². The second-order valence-corrected chi connectivity index (χ2v) is 5.59. The highest BCUT2D eigenvalue weighted by molar-refractivity contribution is 5.06. The van der Waals surface area contributed by atoms with Gasteiger partial charge in [0.25, 0.3) is 0 Å². The largest absolute Gasteiger partial charge is 0.367 e. The first-order chi connectivity index (χ1) is 9.34. The van der Waals surface area contributed by atoms with Gasteiger partial charge in [-0.25, -0.2) is 0 Å². The number of aromatic nitrogens is 2. The molecule has 0 radical (unpaired) electrons. The van der Waals surface area contributed by atoms with E-state index in [4.69, 9.17) is 9.26 Å². The number of piperidine rings is 1. The van der Waals surface area contributed by atoms with Crippen molar-refractivity contribution < 1.29 is 9.26 Å². The fourth-order valence-electron chi connectivity index (χ4n) is 3.28. The number of hydrogen-bond donors (Lipinski definition) is 1. The van der Waals surface area contributed by atoms with E-state index < -0.39 is 0 Å². The van der Waals surface area contributed by atoms with Crippen molar-refractivity contribution >= 4 is 0 Å². The first kappa shape index (κ1) is 13.1. The quantitative estimate of drug-likeness (QED) is 0.907. The summed E-state index contributed by atoms with van der Waals surface area (Å²) in [5.41, 5.74) is -0.287. The minimum absolute atomic E-state index is 0.232. The van der Waals surface area contributed by atoms with Crippen LogP contribution in [0.4, 0.5) is 0 Å². The molecule has 2 heterocycles. The van der Waals surface area contributed by atoms with Gasteiger partial charge < -0.3 is 14.6 Å². The molecule has 1 atom stereocenters. The number of ether oxygens (including phenoxy) is 1. The maximum Gasteiger partial charge on any atom is 0.243 e. The molecule has 3 rings (SSSR count). The van der Waals surface area contributed by atoms with Crippen molar-refractivity contribution in [3.8, 4) is 0 Å². The molecule has 2 fully saturated rings. The summed E-state index contributed by atoms with van der Waals surface area (Å²) in [6, 6.07) is 0.232. The maximum atomic E-state index is 5.97. The third-order valence-corrected chi connectivity index (χ3v) is 4.29. The van der Waals surface area contributed by atoms with Crippen molar-refractivity contribution in [2.45, 2.75) is 63.5 Å². The normalized spacial score (nSPS) is 26.7. The summed E-state index contributed by atoms with van der Waals surface area (Å²) in [6.07, 6.45) is 7.95. The third kappa shape index (κ3) is 2.54. The summed E-state index contributed by atoms with van der Waals surface area (Å²) in [7, 11) is 0. The van der Waals surface area contributed by atoms with E-state index in [2.05, 4.69) is 15.5 Å². The molecule has 1 aliphatic carbocycles. The summed E-state index contributed by atoms with van der Waals surface area (Å²) < 4.78 is 11.5. The Morgan fingerprint density at radius 1 is 1.32 bits per heavy atom. The van der Waals surface area contributed by atoms with E-state index in [1.165, 1.54) is 25.7 Å². The molecule has 1 aromatic heterocycles. The van der Waals surface area contributed by atoms with Crippen LogP contribution in [0.15, 0.2) is 4.52 Å². The van der Waals surface area contributed by atoms with E-state index in [1.807, 2.05) is 6.92 Å². The number of hydrogen-bond acceptors (Lipinski definition) is 5. The van der Waals surface area contributed by atoms with Crippen molar-refractivity contribution in [2.24, 2.45) is 0 Å². The first-order valence-electron chi connectivity index (χ1n) is 7.55. The Kier molecular flexibility index (Phi) is 3.84. The van der Waals surface area contributed by atoms with E-state index in [0.29, 0.717) is 6.61 Å². The molecule has 2 aliphatic rings. The Bertz CT molecular complexity index is 407. The summed E-state index contributed by atoms with van der Waals surface area (Å²) in [5, 5.41) is 7.66. The summed E-state index contributed by atoms with van der Waals surface area (Å²) >= 11 is 0. The lowest BCUT2D eigenvalue weighted by molar-refractivity contribution is -0.0469. The fraction of sp³-hybridized carbons (Fsp3) is 0.857. The molecule has 106 valence electrons. The predicted molar refractivity (Wildman–Crippen MR) is 70.7 cm³/mol. The molecule has 5 nitrogen and oxygen atoms in total. The fourth-order valence-corrected chi connectivity index (χ4v) is 3.28. The van der Waals surface area contributed by atoms with Gasteiger partial charge in [-0.15, -0.1) is 0 Å². The van der Waals surface area contributed by atoms with Crippen LogP contribution < -0.4 is 5.32 Å². The van der Waals surface area contributed by atoms with E-state index >= 15 is 0 Å². The van der Waals surface area contributed by atoms with Crippen LogP contribution in [0.3, 0.4) is 0 Å². The van der Waals surface area contributed by atoms with Crippen molar-refractivity contribution in [3.63, 3.8) is 0 Å². The van der Waals surface area contributed by atoms with Gasteiger partial charge >= 0.3 is 0 Å². The zero-order valence-electron chi connectivity index (χ0n) is 11.7. The van der Waals surface area contributed by atoms with Gasteiger partial charge in [0.15, 0.2) is 0 Å². The molecule has 1 N–H and O–H groups in total. The molecule has 1 aromatic rings. The lowest BCUT2D eigenvalue weighted by Gasteiger charge is -2.25. The van der Waals surface area contributed by atoms with Crippen molar-refractivity contribution in [3.05, 3.63) is 11.7 Å². The second kappa shape index (κ2) is 5.59. The smallest absolute Gasteiger partial charge is 0.243 e. The molecule has 0 unspecified atom stereocenters. The summed E-state index contributed by atoms with van der Waals surface area (Å²) in [6.45, 7) is 3.77. The van der Waals surface area contributed by atoms with Crippen LogP contribution in [-0.4, -0.2) is 23.3 Å². The van der Waals surface area contributed by atoms with E-state index in [9.17, 15) is 0 Å². The Hall–Kier alpha value is -0.940. The van der Waals surface area contributed by atoms with Gasteiger partial charge in [-0.2, -0.15) is 4.98 Å². The monoisotopic (exact) mass is 265 g/mol. The minimum atomic E-state index is -0.287. The van der Waals surface area contributed by atoms with Crippen LogP contribution in [0.1, 0.15) is 69.6 Å².